The van der Waals surface area contributed by atoms with Gasteiger partial charge < -0.3 is 15.5 Å². The van der Waals surface area contributed by atoms with Gasteiger partial charge in [0.25, 0.3) is 0 Å². The number of amides is 3. The van der Waals surface area contributed by atoms with Crippen LogP contribution in [0.15, 0.2) is 29.4 Å². The number of carbonyl (C=O) groups is 2. The molecule has 1 saturated heterocycles. The van der Waals surface area contributed by atoms with E-state index in [0.717, 1.165) is 17.9 Å². The van der Waals surface area contributed by atoms with E-state index in [1.54, 1.807) is 12.1 Å². The largest absolute Gasteiger partial charge is 0.337 e. The number of aromatic amines is 1. The number of H-pyrrole nitrogens is 1. The summed E-state index contributed by atoms with van der Waals surface area (Å²) in [7, 11) is 0. The Balaban J connectivity index is 1.43. The fourth-order valence-electron chi connectivity index (χ4n) is 2.80. The summed E-state index contributed by atoms with van der Waals surface area (Å²) in [6, 6.07) is 7.27. The molecular formula is C17H22N6O2S. The number of rotatable bonds is 6. The lowest BCUT2D eigenvalue weighted by atomic mass is 10.2. The molecule has 1 fully saturated rings. The molecule has 3 amide bonds. The highest BCUT2D eigenvalue weighted by molar-refractivity contribution is 7.99. The minimum atomic E-state index is -0.268. The van der Waals surface area contributed by atoms with E-state index < -0.39 is 0 Å². The number of aromatic nitrogens is 3. The predicted octanol–water partition coefficient (Wildman–Crippen LogP) is 2.54. The van der Waals surface area contributed by atoms with E-state index in [1.165, 1.54) is 11.8 Å². The normalized spacial score (nSPS) is 16.8. The first-order chi connectivity index (χ1) is 12.5. The maximum Gasteiger partial charge on any atom is 0.319 e. The van der Waals surface area contributed by atoms with Gasteiger partial charge in [-0.15, -0.1) is 5.10 Å². The first kappa shape index (κ1) is 18.2. The van der Waals surface area contributed by atoms with E-state index in [4.69, 9.17) is 0 Å². The molecule has 9 heteroatoms. The molecule has 0 unspecified atom stereocenters. The smallest absolute Gasteiger partial charge is 0.319 e. The Morgan fingerprint density at radius 2 is 2.15 bits per heavy atom. The zero-order valence-corrected chi connectivity index (χ0v) is 15.6. The van der Waals surface area contributed by atoms with Crippen molar-refractivity contribution in [2.75, 3.05) is 22.5 Å². The molecule has 2 heterocycles. The highest BCUT2D eigenvalue weighted by Gasteiger charge is 2.28. The SMILES string of the molecule is Cc1nc(SCCNC(=O)Nc2ccc(N3C(=O)CC[C@H]3C)cc2)n[nH]1. The predicted molar refractivity (Wildman–Crippen MR) is 101 cm³/mol. The van der Waals surface area contributed by atoms with Gasteiger partial charge in [-0.1, -0.05) is 11.8 Å². The monoisotopic (exact) mass is 374 g/mol. The molecule has 0 radical (unpaired) electrons. The van der Waals surface area contributed by atoms with Crippen molar-refractivity contribution in [1.29, 1.82) is 0 Å². The van der Waals surface area contributed by atoms with Crippen LogP contribution in [0.2, 0.25) is 0 Å². The van der Waals surface area contributed by atoms with E-state index in [1.807, 2.05) is 30.9 Å². The summed E-state index contributed by atoms with van der Waals surface area (Å²) in [6.45, 7) is 4.39. The Bertz CT molecular complexity index is 776. The van der Waals surface area contributed by atoms with Crippen molar-refractivity contribution in [3.8, 4) is 0 Å². The topological polar surface area (TPSA) is 103 Å². The van der Waals surface area contributed by atoms with Gasteiger partial charge >= 0.3 is 6.03 Å². The summed E-state index contributed by atoms with van der Waals surface area (Å²) in [5.74, 6) is 1.60. The summed E-state index contributed by atoms with van der Waals surface area (Å²) in [4.78, 5) is 29.9. The zero-order chi connectivity index (χ0) is 18.5. The van der Waals surface area contributed by atoms with E-state index in [0.29, 0.717) is 29.6 Å². The number of nitrogens with one attached hydrogen (secondary N) is 3. The summed E-state index contributed by atoms with van der Waals surface area (Å²) < 4.78 is 0. The second kappa shape index (κ2) is 8.22. The summed E-state index contributed by atoms with van der Waals surface area (Å²) in [5, 5.41) is 13.0. The lowest BCUT2D eigenvalue weighted by Gasteiger charge is -2.22. The third-order valence-electron chi connectivity index (χ3n) is 4.08. The molecule has 138 valence electrons. The molecular weight excluding hydrogens is 352 g/mol. The Labute approximate surface area is 156 Å². The number of nitrogens with zero attached hydrogens (tertiary/aromatic N) is 3. The van der Waals surface area contributed by atoms with Gasteiger partial charge in [0, 0.05) is 36.1 Å². The molecule has 0 spiro atoms. The van der Waals surface area contributed by atoms with Gasteiger partial charge in [-0.25, -0.2) is 9.78 Å². The molecule has 1 aromatic heterocycles. The van der Waals surface area contributed by atoms with Crippen LogP contribution in [0.4, 0.5) is 16.2 Å². The third-order valence-corrected chi connectivity index (χ3v) is 4.93. The molecule has 3 rings (SSSR count). The lowest BCUT2D eigenvalue weighted by Crippen LogP contribution is -2.31. The molecule has 8 nitrogen and oxygen atoms in total. The van der Waals surface area contributed by atoms with Crippen molar-refractivity contribution in [1.82, 2.24) is 20.5 Å². The fraction of sp³-hybridized carbons (Fsp3) is 0.412. The van der Waals surface area contributed by atoms with Crippen LogP contribution in [0, 0.1) is 6.92 Å². The van der Waals surface area contributed by atoms with Crippen LogP contribution in [-0.2, 0) is 4.79 Å². The van der Waals surface area contributed by atoms with Gasteiger partial charge in [-0.05, 0) is 44.5 Å². The summed E-state index contributed by atoms with van der Waals surface area (Å²) in [5.41, 5.74) is 1.55. The highest BCUT2D eigenvalue weighted by atomic mass is 32.2. The molecule has 1 aliphatic heterocycles. The van der Waals surface area contributed by atoms with E-state index in [-0.39, 0.29) is 18.0 Å². The number of hydrogen-bond donors (Lipinski definition) is 3. The Morgan fingerprint density at radius 1 is 1.38 bits per heavy atom. The fourth-order valence-corrected chi connectivity index (χ4v) is 3.50. The average molecular weight is 374 g/mol. The number of urea groups is 1. The van der Waals surface area contributed by atoms with Crippen LogP contribution in [0.5, 0.6) is 0 Å². The first-order valence-corrected chi connectivity index (χ1v) is 9.50. The van der Waals surface area contributed by atoms with Gasteiger partial charge in [0.05, 0.1) is 0 Å². The van der Waals surface area contributed by atoms with E-state index in [9.17, 15) is 9.59 Å². The molecule has 0 bridgehead atoms. The molecule has 26 heavy (non-hydrogen) atoms. The quantitative estimate of drug-likeness (QED) is 0.533. The van der Waals surface area contributed by atoms with Crippen molar-refractivity contribution in [3.63, 3.8) is 0 Å². The number of carbonyl (C=O) groups excluding carboxylic acids is 2. The average Bonchev–Trinajstić information content (AvgIpc) is 3.18. The first-order valence-electron chi connectivity index (χ1n) is 8.51. The summed E-state index contributed by atoms with van der Waals surface area (Å²) >= 11 is 1.47. The molecule has 1 aliphatic rings. The summed E-state index contributed by atoms with van der Waals surface area (Å²) in [6.07, 6.45) is 1.47. The van der Waals surface area contributed by atoms with Crippen molar-refractivity contribution in [2.45, 2.75) is 37.9 Å². The van der Waals surface area contributed by atoms with Crippen molar-refractivity contribution >= 4 is 35.1 Å². The van der Waals surface area contributed by atoms with Crippen LogP contribution in [0.1, 0.15) is 25.6 Å². The van der Waals surface area contributed by atoms with E-state index in [2.05, 4.69) is 25.8 Å². The van der Waals surface area contributed by atoms with Gasteiger partial charge in [-0.3, -0.25) is 9.89 Å². The molecule has 3 N–H and O–H groups in total. The number of anilines is 2. The van der Waals surface area contributed by atoms with Crippen LogP contribution in [0.3, 0.4) is 0 Å². The molecule has 1 aromatic carbocycles. The molecule has 2 aromatic rings. The lowest BCUT2D eigenvalue weighted by molar-refractivity contribution is -0.117. The number of benzene rings is 1. The van der Waals surface area contributed by atoms with Crippen LogP contribution >= 0.6 is 11.8 Å². The second-order valence-electron chi connectivity index (χ2n) is 6.13. The minimum absolute atomic E-state index is 0.148. The molecule has 1 atom stereocenters. The van der Waals surface area contributed by atoms with Crippen molar-refractivity contribution < 1.29 is 9.59 Å². The number of hydrogen-bond acceptors (Lipinski definition) is 5. The minimum Gasteiger partial charge on any atom is -0.337 e. The Kier molecular flexibility index (Phi) is 5.77. The second-order valence-corrected chi connectivity index (χ2v) is 7.19. The van der Waals surface area contributed by atoms with Crippen molar-refractivity contribution in [3.05, 3.63) is 30.1 Å². The van der Waals surface area contributed by atoms with Crippen LogP contribution < -0.4 is 15.5 Å². The zero-order valence-electron chi connectivity index (χ0n) is 14.8. The van der Waals surface area contributed by atoms with Crippen LogP contribution in [0.25, 0.3) is 0 Å². The van der Waals surface area contributed by atoms with Gasteiger partial charge in [0.1, 0.15) is 5.82 Å². The van der Waals surface area contributed by atoms with Gasteiger partial charge in [0.15, 0.2) is 0 Å². The van der Waals surface area contributed by atoms with Crippen LogP contribution in [-0.4, -0.2) is 45.5 Å². The molecule has 0 saturated carbocycles. The third kappa shape index (κ3) is 4.54. The maximum atomic E-state index is 11.9. The Hall–Kier alpha value is -2.55. The molecule has 0 aliphatic carbocycles. The number of thioether (sulfide) groups is 1. The standard InChI is InChI=1S/C17H22N6O2S/c1-11-3-8-15(24)23(11)14-6-4-13(5-7-14)20-16(25)18-9-10-26-17-19-12(2)21-22-17/h4-7,11H,3,8-10H2,1-2H3,(H2,18,20,25)(H,19,21,22)/t11-/m1/s1. The Morgan fingerprint density at radius 3 is 2.77 bits per heavy atom. The van der Waals surface area contributed by atoms with Crippen molar-refractivity contribution in [2.24, 2.45) is 0 Å². The van der Waals surface area contributed by atoms with E-state index >= 15 is 0 Å². The number of aryl methyl sites for hydroxylation is 1. The highest BCUT2D eigenvalue weighted by Crippen LogP contribution is 2.27. The van der Waals surface area contributed by atoms with Gasteiger partial charge in [0.2, 0.25) is 11.1 Å². The maximum absolute atomic E-state index is 11.9. The van der Waals surface area contributed by atoms with Gasteiger partial charge in [-0.2, -0.15) is 0 Å².